The molecule has 0 aliphatic heterocycles. The molecule has 6 nitrogen and oxygen atoms in total. The van der Waals surface area contributed by atoms with Gasteiger partial charge in [-0.2, -0.15) is 0 Å². The van der Waals surface area contributed by atoms with Crippen molar-refractivity contribution in [3.05, 3.63) is 35.9 Å². The predicted octanol–water partition coefficient (Wildman–Crippen LogP) is 1.53. The van der Waals surface area contributed by atoms with Crippen LogP contribution in [0.1, 0.15) is 24.8 Å². The van der Waals surface area contributed by atoms with Gasteiger partial charge in [-0.15, -0.1) is 0 Å². The number of carbonyl (C=O) groups excluding carboxylic acids is 1. The van der Waals surface area contributed by atoms with Crippen molar-refractivity contribution in [3.63, 3.8) is 0 Å². The summed E-state index contributed by atoms with van der Waals surface area (Å²) in [6, 6.07) is 9.34. The molecular formula is C14H19NO5. The lowest BCUT2D eigenvalue weighted by Crippen LogP contribution is -2.25. The van der Waals surface area contributed by atoms with Crippen molar-refractivity contribution in [1.29, 1.82) is 0 Å². The van der Waals surface area contributed by atoms with Crippen LogP contribution in [0, 0.1) is 0 Å². The highest BCUT2D eigenvalue weighted by atomic mass is 16.5. The van der Waals surface area contributed by atoms with Crippen molar-refractivity contribution in [2.75, 3.05) is 6.54 Å². The fourth-order valence-electron chi connectivity index (χ4n) is 1.55. The fraction of sp³-hybridized carbons (Fsp3) is 0.429. The zero-order valence-corrected chi connectivity index (χ0v) is 11.1. The lowest BCUT2D eigenvalue weighted by Gasteiger charge is -2.08. The second-order valence-electron chi connectivity index (χ2n) is 4.34. The molecule has 1 aromatic carbocycles. The Bertz CT molecular complexity index is 421. The third-order valence-corrected chi connectivity index (χ3v) is 2.67. The van der Waals surface area contributed by atoms with E-state index in [2.05, 4.69) is 5.32 Å². The monoisotopic (exact) mass is 281 g/mol. The lowest BCUT2D eigenvalue weighted by molar-refractivity contribution is -0.146. The maximum atomic E-state index is 11.3. The summed E-state index contributed by atoms with van der Waals surface area (Å²) in [5.41, 5.74) is 0.909. The van der Waals surface area contributed by atoms with Crippen LogP contribution in [-0.2, 0) is 16.1 Å². The molecule has 0 heterocycles. The van der Waals surface area contributed by atoms with E-state index in [9.17, 15) is 9.59 Å². The molecule has 0 aliphatic carbocycles. The number of aliphatic hydroxyl groups excluding tert-OH is 1. The minimum atomic E-state index is -1.33. The Kier molecular flexibility index (Phi) is 7.13. The Labute approximate surface area is 117 Å². The van der Waals surface area contributed by atoms with E-state index in [1.165, 1.54) is 0 Å². The van der Waals surface area contributed by atoms with Gasteiger partial charge in [0.1, 0.15) is 6.61 Å². The molecule has 1 rings (SSSR count). The number of carboxylic acid groups (broad SMARTS) is 1. The summed E-state index contributed by atoms with van der Waals surface area (Å²) in [4.78, 5) is 21.7. The number of unbranched alkanes of at least 4 members (excludes halogenated alkanes) is 1. The molecule has 110 valence electrons. The molecule has 0 aliphatic rings. The molecule has 0 radical (unpaired) electrons. The number of aliphatic carboxylic acids is 1. The number of carbonyl (C=O) groups is 2. The van der Waals surface area contributed by atoms with Gasteiger partial charge in [-0.1, -0.05) is 30.3 Å². The first-order chi connectivity index (χ1) is 9.59. The highest BCUT2D eigenvalue weighted by molar-refractivity contribution is 5.71. The Morgan fingerprint density at radius 3 is 2.55 bits per heavy atom. The lowest BCUT2D eigenvalue weighted by atomic mass is 10.1. The van der Waals surface area contributed by atoms with Crippen molar-refractivity contribution in [2.24, 2.45) is 0 Å². The fourth-order valence-corrected chi connectivity index (χ4v) is 1.55. The molecule has 1 amide bonds. The number of hydrogen-bond donors (Lipinski definition) is 3. The molecule has 20 heavy (non-hydrogen) atoms. The van der Waals surface area contributed by atoms with Crippen LogP contribution in [0.5, 0.6) is 0 Å². The molecule has 1 atom stereocenters. The number of hydrogen-bond acceptors (Lipinski definition) is 4. The van der Waals surface area contributed by atoms with Gasteiger partial charge < -0.3 is 20.3 Å². The van der Waals surface area contributed by atoms with Crippen LogP contribution in [0.2, 0.25) is 0 Å². The third-order valence-electron chi connectivity index (χ3n) is 2.67. The topological polar surface area (TPSA) is 95.9 Å². The standard InChI is InChI=1S/C14H19NO5/c16-12(13(17)18)8-4-5-9-15-14(19)20-10-11-6-2-1-3-7-11/h1-3,6-7,12,16H,4-5,8-10H2,(H,15,19)(H,17,18)/t12-/m1/s1. The van der Waals surface area contributed by atoms with Gasteiger partial charge in [0.2, 0.25) is 0 Å². The van der Waals surface area contributed by atoms with Crippen molar-refractivity contribution in [3.8, 4) is 0 Å². The molecule has 0 spiro atoms. The molecule has 0 fully saturated rings. The summed E-state index contributed by atoms with van der Waals surface area (Å²) in [5, 5.41) is 20.1. The van der Waals surface area contributed by atoms with Crippen molar-refractivity contribution in [2.45, 2.75) is 32.0 Å². The molecular weight excluding hydrogens is 262 g/mol. The van der Waals surface area contributed by atoms with Crippen LogP contribution >= 0.6 is 0 Å². The first kappa shape index (κ1) is 16.0. The van der Waals surface area contributed by atoms with Crippen molar-refractivity contribution < 1.29 is 24.5 Å². The first-order valence-corrected chi connectivity index (χ1v) is 6.45. The molecule has 3 N–H and O–H groups in total. The quantitative estimate of drug-likeness (QED) is 0.628. The van der Waals surface area contributed by atoms with Gasteiger partial charge in [-0.25, -0.2) is 9.59 Å². The summed E-state index contributed by atoms with van der Waals surface area (Å²) in [6.45, 7) is 0.602. The number of rotatable bonds is 8. The summed E-state index contributed by atoms with van der Waals surface area (Å²) >= 11 is 0. The number of benzene rings is 1. The summed E-state index contributed by atoms with van der Waals surface area (Å²) in [7, 11) is 0. The molecule has 0 unspecified atom stereocenters. The highest BCUT2D eigenvalue weighted by Gasteiger charge is 2.11. The Morgan fingerprint density at radius 2 is 1.90 bits per heavy atom. The number of aliphatic hydroxyl groups is 1. The maximum Gasteiger partial charge on any atom is 0.407 e. The normalized spacial score (nSPS) is 11.7. The van der Waals surface area contributed by atoms with Crippen LogP contribution in [0.4, 0.5) is 4.79 Å². The summed E-state index contributed by atoms with van der Waals surface area (Å²) in [5.74, 6) is -1.22. The van der Waals surface area contributed by atoms with E-state index in [0.29, 0.717) is 19.4 Å². The average molecular weight is 281 g/mol. The summed E-state index contributed by atoms with van der Waals surface area (Å²) in [6.07, 6.45) is -0.555. The zero-order valence-electron chi connectivity index (χ0n) is 11.1. The Morgan fingerprint density at radius 1 is 1.20 bits per heavy atom. The second-order valence-corrected chi connectivity index (χ2v) is 4.34. The Hall–Kier alpha value is -2.08. The average Bonchev–Trinajstić information content (AvgIpc) is 2.45. The number of alkyl carbamates (subject to hydrolysis) is 1. The zero-order chi connectivity index (χ0) is 14.8. The number of ether oxygens (including phenoxy) is 1. The highest BCUT2D eigenvalue weighted by Crippen LogP contribution is 2.02. The van der Waals surface area contributed by atoms with Gasteiger partial charge in [-0.05, 0) is 24.8 Å². The summed E-state index contributed by atoms with van der Waals surface area (Å²) < 4.78 is 5.00. The van der Waals surface area contributed by atoms with Crippen LogP contribution in [0.15, 0.2) is 30.3 Å². The van der Waals surface area contributed by atoms with Crippen LogP contribution in [0.25, 0.3) is 0 Å². The van der Waals surface area contributed by atoms with E-state index in [4.69, 9.17) is 14.9 Å². The third kappa shape index (κ3) is 6.75. The largest absolute Gasteiger partial charge is 0.479 e. The second kappa shape index (κ2) is 8.92. The van der Waals surface area contributed by atoms with Gasteiger partial charge in [0.05, 0.1) is 0 Å². The molecule has 0 bridgehead atoms. The van der Waals surface area contributed by atoms with Crippen LogP contribution in [0.3, 0.4) is 0 Å². The smallest absolute Gasteiger partial charge is 0.407 e. The van der Waals surface area contributed by atoms with Gasteiger partial charge in [-0.3, -0.25) is 0 Å². The molecule has 0 saturated heterocycles. The Balaban J connectivity index is 2.05. The molecule has 1 aromatic rings. The van der Waals surface area contributed by atoms with Crippen molar-refractivity contribution in [1.82, 2.24) is 5.32 Å². The first-order valence-electron chi connectivity index (χ1n) is 6.45. The SMILES string of the molecule is O=C(NCCCC[C@@H](O)C(=O)O)OCc1ccccc1. The van der Waals surface area contributed by atoms with Crippen LogP contribution in [-0.4, -0.2) is 34.9 Å². The van der Waals surface area contributed by atoms with E-state index in [1.54, 1.807) is 0 Å². The molecule has 0 saturated carbocycles. The maximum absolute atomic E-state index is 11.3. The minimum absolute atomic E-state index is 0.177. The van der Waals surface area contributed by atoms with E-state index >= 15 is 0 Å². The molecule has 0 aromatic heterocycles. The van der Waals surface area contributed by atoms with Gasteiger partial charge in [0.25, 0.3) is 0 Å². The van der Waals surface area contributed by atoms with E-state index in [-0.39, 0.29) is 13.0 Å². The van der Waals surface area contributed by atoms with E-state index in [0.717, 1.165) is 5.56 Å². The number of nitrogens with one attached hydrogen (secondary N) is 1. The number of carboxylic acids is 1. The van der Waals surface area contributed by atoms with E-state index < -0.39 is 18.2 Å². The van der Waals surface area contributed by atoms with Gasteiger partial charge in [0.15, 0.2) is 6.10 Å². The predicted molar refractivity (Wildman–Crippen MR) is 72.1 cm³/mol. The van der Waals surface area contributed by atoms with E-state index in [1.807, 2.05) is 30.3 Å². The van der Waals surface area contributed by atoms with Gasteiger partial charge >= 0.3 is 12.1 Å². The number of amides is 1. The molecule has 6 heteroatoms. The van der Waals surface area contributed by atoms with Crippen LogP contribution < -0.4 is 5.32 Å². The van der Waals surface area contributed by atoms with Crippen molar-refractivity contribution >= 4 is 12.1 Å². The van der Waals surface area contributed by atoms with Gasteiger partial charge in [0, 0.05) is 6.54 Å². The minimum Gasteiger partial charge on any atom is -0.479 e.